The van der Waals surface area contributed by atoms with Crippen LogP contribution in [0.15, 0.2) is 24.4 Å². The third-order valence-electron chi connectivity index (χ3n) is 4.51. The summed E-state index contributed by atoms with van der Waals surface area (Å²) in [5.41, 5.74) is 3.95. The normalized spacial score (nSPS) is 11.5. The van der Waals surface area contributed by atoms with Gasteiger partial charge in [0.2, 0.25) is 0 Å². The first-order valence-electron chi connectivity index (χ1n) is 9.27. The molecule has 0 bridgehead atoms. The largest absolute Gasteiger partial charge is 0.309 e. The summed E-state index contributed by atoms with van der Waals surface area (Å²) >= 11 is 1.59. The van der Waals surface area contributed by atoms with Crippen LogP contribution in [0.2, 0.25) is 0 Å². The minimum atomic E-state index is -0.0402. The zero-order valence-electron chi connectivity index (χ0n) is 16.7. The molecule has 6 nitrogen and oxygen atoms in total. The van der Waals surface area contributed by atoms with Gasteiger partial charge in [-0.3, -0.25) is 14.4 Å². The van der Waals surface area contributed by atoms with E-state index in [2.05, 4.69) is 36.0 Å². The van der Waals surface area contributed by atoms with Gasteiger partial charge in [-0.1, -0.05) is 17.4 Å². The zero-order chi connectivity index (χ0) is 19.6. The van der Waals surface area contributed by atoms with E-state index in [4.69, 9.17) is 4.98 Å². The molecule has 0 aliphatic carbocycles. The van der Waals surface area contributed by atoms with Crippen LogP contribution in [-0.2, 0) is 6.54 Å². The third-order valence-corrected chi connectivity index (χ3v) is 5.74. The van der Waals surface area contributed by atoms with Crippen molar-refractivity contribution in [2.45, 2.75) is 33.7 Å². The van der Waals surface area contributed by atoms with Crippen molar-refractivity contribution in [1.29, 1.82) is 0 Å². The molecule has 0 saturated heterocycles. The monoisotopic (exact) mass is 385 g/mol. The molecule has 0 radical (unpaired) electrons. The number of hydrogen-bond acceptors (Lipinski definition) is 5. The predicted octanol–water partition coefficient (Wildman–Crippen LogP) is 3.73. The van der Waals surface area contributed by atoms with Gasteiger partial charge in [-0.25, -0.2) is 4.98 Å². The summed E-state index contributed by atoms with van der Waals surface area (Å²) in [6.07, 6.45) is 2.56. The van der Waals surface area contributed by atoms with Gasteiger partial charge in [-0.15, -0.1) is 0 Å². The number of aryl methyl sites for hydroxylation is 3. The Kier molecular flexibility index (Phi) is 5.92. The van der Waals surface area contributed by atoms with Crippen LogP contribution in [0.4, 0.5) is 5.13 Å². The van der Waals surface area contributed by atoms with Gasteiger partial charge in [-0.2, -0.15) is 5.10 Å². The molecule has 0 aliphatic heterocycles. The number of aromatic nitrogens is 3. The Morgan fingerprint density at radius 2 is 2.00 bits per heavy atom. The number of nitrogens with zero attached hydrogens (tertiary/aromatic N) is 5. The predicted molar refractivity (Wildman–Crippen MR) is 112 cm³/mol. The second kappa shape index (κ2) is 8.19. The van der Waals surface area contributed by atoms with E-state index >= 15 is 0 Å². The molecular formula is C20H27N5OS. The maximum absolute atomic E-state index is 13.3. The quantitative estimate of drug-likeness (QED) is 0.622. The average Bonchev–Trinajstić information content (AvgIpc) is 3.24. The fourth-order valence-electron chi connectivity index (χ4n) is 3.21. The first-order chi connectivity index (χ1) is 12.9. The van der Waals surface area contributed by atoms with Crippen LogP contribution in [0.5, 0.6) is 0 Å². The number of carbonyl (C=O) groups excluding carboxylic acids is 1. The van der Waals surface area contributed by atoms with E-state index in [0.29, 0.717) is 18.8 Å². The molecule has 0 fully saturated rings. The molecule has 144 valence electrons. The van der Waals surface area contributed by atoms with Gasteiger partial charge in [0.25, 0.3) is 5.91 Å². The fraction of sp³-hybridized carbons (Fsp3) is 0.450. The molecule has 2 aromatic heterocycles. The molecule has 0 unspecified atom stereocenters. The van der Waals surface area contributed by atoms with Crippen molar-refractivity contribution in [3.05, 3.63) is 41.2 Å². The van der Waals surface area contributed by atoms with Gasteiger partial charge in [-0.05, 0) is 71.1 Å². The molecule has 0 N–H and O–H groups in total. The minimum absolute atomic E-state index is 0.0402. The summed E-state index contributed by atoms with van der Waals surface area (Å²) in [5, 5.41) is 5.01. The molecule has 27 heavy (non-hydrogen) atoms. The molecule has 1 aromatic carbocycles. The second-order valence-electron chi connectivity index (χ2n) is 7.07. The van der Waals surface area contributed by atoms with Crippen LogP contribution < -0.4 is 4.90 Å². The summed E-state index contributed by atoms with van der Waals surface area (Å²) < 4.78 is 2.88. The Balaban J connectivity index is 1.99. The van der Waals surface area contributed by atoms with Crippen molar-refractivity contribution >= 4 is 32.6 Å². The van der Waals surface area contributed by atoms with E-state index in [1.807, 2.05) is 25.9 Å². The molecule has 0 aliphatic rings. The summed E-state index contributed by atoms with van der Waals surface area (Å²) in [5.74, 6) is -0.0402. The Bertz CT molecular complexity index is 943. The SMILES string of the molecule is CCn1nccc1C(=O)N(CCCN(C)C)c1nc2cc(C)cc(C)c2s1. The highest BCUT2D eigenvalue weighted by Gasteiger charge is 2.24. The van der Waals surface area contributed by atoms with Gasteiger partial charge < -0.3 is 4.90 Å². The summed E-state index contributed by atoms with van der Waals surface area (Å²) in [6.45, 7) is 8.37. The summed E-state index contributed by atoms with van der Waals surface area (Å²) in [7, 11) is 4.09. The van der Waals surface area contributed by atoms with Crippen molar-refractivity contribution < 1.29 is 4.79 Å². The maximum Gasteiger partial charge on any atom is 0.278 e. The van der Waals surface area contributed by atoms with E-state index in [0.717, 1.165) is 28.3 Å². The molecule has 0 atom stereocenters. The first kappa shape index (κ1) is 19.5. The Labute approximate surface area is 164 Å². The number of amides is 1. The van der Waals surface area contributed by atoms with E-state index in [-0.39, 0.29) is 5.91 Å². The van der Waals surface area contributed by atoms with Crippen LogP contribution in [0.3, 0.4) is 0 Å². The van der Waals surface area contributed by atoms with Gasteiger partial charge >= 0.3 is 0 Å². The smallest absolute Gasteiger partial charge is 0.278 e. The number of fused-ring (bicyclic) bond motifs is 1. The number of carbonyl (C=O) groups is 1. The van der Waals surface area contributed by atoms with Gasteiger partial charge in [0.1, 0.15) is 5.69 Å². The molecule has 3 aromatic rings. The van der Waals surface area contributed by atoms with Crippen LogP contribution >= 0.6 is 11.3 Å². The number of anilines is 1. The minimum Gasteiger partial charge on any atom is -0.309 e. The summed E-state index contributed by atoms with van der Waals surface area (Å²) in [6, 6.07) is 6.03. The lowest BCUT2D eigenvalue weighted by Gasteiger charge is -2.21. The lowest BCUT2D eigenvalue weighted by molar-refractivity contribution is 0.0975. The Morgan fingerprint density at radius 3 is 2.70 bits per heavy atom. The fourth-order valence-corrected chi connectivity index (χ4v) is 4.25. The van der Waals surface area contributed by atoms with E-state index < -0.39 is 0 Å². The zero-order valence-corrected chi connectivity index (χ0v) is 17.5. The van der Waals surface area contributed by atoms with Gasteiger partial charge in [0, 0.05) is 19.3 Å². The van der Waals surface area contributed by atoms with Crippen LogP contribution in [-0.4, -0.2) is 52.8 Å². The topological polar surface area (TPSA) is 54.3 Å². The number of hydrogen-bond donors (Lipinski definition) is 0. The molecule has 1 amide bonds. The first-order valence-corrected chi connectivity index (χ1v) is 10.1. The average molecular weight is 386 g/mol. The number of rotatable bonds is 7. The van der Waals surface area contributed by atoms with Crippen molar-refractivity contribution in [3.63, 3.8) is 0 Å². The van der Waals surface area contributed by atoms with Gasteiger partial charge in [0.05, 0.1) is 10.2 Å². The van der Waals surface area contributed by atoms with Crippen molar-refractivity contribution in [1.82, 2.24) is 19.7 Å². The second-order valence-corrected chi connectivity index (χ2v) is 8.05. The van der Waals surface area contributed by atoms with Crippen LogP contribution in [0.25, 0.3) is 10.2 Å². The lowest BCUT2D eigenvalue weighted by atomic mass is 10.1. The molecular weight excluding hydrogens is 358 g/mol. The molecule has 2 heterocycles. The maximum atomic E-state index is 13.3. The Hall–Kier alpha value is -2.25. The standard InChI is InChI=1S/C20H27N5OS/c1-6-25-17(8-9-21-25)19(26)24(11-7-10-23(4)5)20-22-16-13-14(2)12-15(3)18(16)27-20/h8-9,12-13H,6-7,10-11H2,1-5H3. The number of benzene rings is 1. The number of thiazole rings is 1. The molecule has 0 spiro atoms. The lowest BCUT2D eigenvalue weighted by Crippen LogP contribution is -2.34. The van der Waals surface area contributed by atoms with Crippen molar-refractivity contribution in [3.8, 4) is 0 Å². The van der Waals surface area contributed by atoms with E-state index in [1.54, 1.807) is 28.3 Å². The summed E-state index contributed by atoms with van der Waals surface area (Å²) in [4.78, 5) is 22.0. The molecule has 3 rings (SSSR count). The van der Waals surface area contributed by atoms with E-state index in [1.165, 1.54) is 11.1 Å². The third kappa shape index (κ3) is 4.20. The molecule has 7 heteroatoms. The van der Waals surface area contributed by atoms with Gasteiger partial charge in [0.15, 0.2) is 5.13 Å². The highest BCUT2D eigenvalue weighted by Crippen LogP contribution is 2.33. The van der Waals surface area contributed by atoms with E-state index in [9.17, 15) is 4.79 Å². The highest BCUT2D eigenvalue weighted by atomic mass is 32.1. The molecule has 0 saturated carbocycles. The van der Waals surface area contributed by atoms with Crippen molar-refractivity contribution in [2.24, 2.45) is 0 Å². The Morgan fingerprint density at radius 1 is 1.22 bits per heavy atom. The van der Waals surface area contributed by atoms with Crippen LogP contribution in [0.1, 0.15) is 35.0 Å². The highest BCUT2D eigenvalue weighted by molar-refractivity contribution is 7.22. The van der Waals surface area contributed by atoms with Crippen molar-refractivity contribution in [2.75, 3.05) is 32.1 Å². The van der Waals surface area contributed by atoms with Crippen LogP contribution in [0, 0.1) is 13.8 Å².